The number of nitrogens with zero attached hydrogens (tertiary/aromatic N) is 3. The maximum Gasteiger partial charge on any atom is 0.0640 e. The van der Waals surface area contributed by atoms with Crippen molar-refractivity contribution in [1.82, 2.24) is 14.7 Å². The van der Waals surface area contributed by atoms with Crippen molar-refractivity contribution < 1.29 is 0 Å². The first-order valence-corrected chi connectivity index (χ1v) is 6.41. The second-order valence-electron chi connectivity index (χ2n) is 5.12. The minimum absolute atomic E-state index is 0.00101. The molecule has 1 unspecified atom stereocenters. The molecule has 0 spiro atoms. The van der Waals surface area contributed by atoms with Gasteiger partial charge < -0.3 is 5.73 Å². The lowest BCUT2D eigenvalue weighted by Crippen LogP contribution is -2.56. The largest absolute Gasteiger partial charge is 0.326 e. The minimum Gasteiger partial charge on any atom is -0.326 e. The maximum atomic E-state index is 6.35. The minimum atomic E-state index is 0.00101. The number of hydrogen-bond acceptors (Lipinski definition) is 3. The SMILES string of the molecule is CCN(CC)C(C)(C)C(N)Cc1ccn(C)n1. The van der Waals surface area contributed by atoms with Gasteiger partial charge >= 0.3 is 0 Å². The molecule has 1 aromatic heterocycles. The van der Waals surface area contributed by atoms with Gasteiger partial charge in [0, 0.05) is 31.2 Å². The highest BCUT2D eigenvalue weighted by Gasteiger charge is 2.31. The van der Waals surface area contributed by atoms with Crippen LogP contribution < -0.4 is 5.73 Å². The molecule has 0 radical (unpaired) electrons. The van der Waals surface area contributed by atoms with E-state index in [4.69, 9.17) is 5.73 Å². The monoisotopic (exact) mass is 238 g/mol. The van der Waals surface area contributed by atoms with Crippen LogP contribution in [0.1, 0.15) is 33.4 Å². The Hall–Kier alpha value is -0.870. The van der Waals surface area contributed by atoms with E-state index in [1.165, 1.54) is 0 Å². The molecular weight excluding hydrogens is 212 g/mol. The topological polar surface area (TPSA) is 47.1 Å². The van der Waals surface area contributed by atoms with Gasteiger partial charge in [0.05, 0.1) is 5.69 Å². The van der Waals surface area contributed by atoms with Gasteiger partial charge in [0.25, 0.3) is 0 Å². The molecule has 1 rings (SSSR count). The van der Waals surface area contributed by atoms with Gasteiger partial charge in [0.2, 0.25) is 0 Å². The number of hydrogen-bond donors (Lipinski definition) is 1. The van der Waals surface area contributed by atoms with Crippen LogP contribution in [-0.2, 0) is 13.5 Å². The summed E-state index contributed by atoms with van der Waals surface area (Å²) in [6.45, 7) is 10.8. The van der Waals surface area contributed by atoms with Crippen LogP contribution in [0.2, 0.25) is 0 Å². The van der Waals surface area contributed by atoms with E-state index in [1.807, 2.05) is 24.0 Å². The van der Waals surface area contributed by atoms with E-state index in [2.05, 4.69) is 37.7 Å². The van der Waals surface area contributed by atoms with Gasteiger partial charge in [-0.25, -0.2) is 0 Å². The van der Waals surface area contributed by atoms with E-state index in [-0.39, 0.29) is 11.6 Å². The summed E-state index contributed by atoms with van der Waals surface area (Å²) in [5.41, 5.74) is 7.42. The highest BCUT2D eigenvalue weighted by atomic mass is 15.3. The van der Waals surface area contributed by atoms with Crippen LogP contribution >= 0.6 is 0 Å². The van der Waals surface area contributed by atoms with Crippen LogP contribution in [0.25, 0.3) is 0 Å². The molecular formula is C13H26N4. The first-order chi connectivity index (χ1) is 7.91. The Morgan fingerprint density at radius 3 is 2.41 bits per heavy atom. The van der Waals surface area contributed by atoms with E-state index >= 15 is 0 Å². The highest BCUT2D eigenvalue weighted by molar-refractivity contribution is 5.05. The second-order valence-corrected chi connectivity index (χ2v) is 5.12. The van der Waals surface area contributed by atoms with Crippen molar-refractivity contribution in [3.05, 3.63) is 18.0 Å². The molecule has 1 atom stereocenters. The van der Waals surface area contributed by atoms with Crippen LogP contribution in [-0.4, -0.2) is 39.4 Å². The predicted molar refractivity (Wildman–Crippen MR) is 71.9 cm³/mol. The smallest absolute Gasteiger partial charge is 0.0640 e. The molecule has 1 aromatic rings. The molecule has 4 heteroatoms. The van der Waals surface area contributed by atoms with Gasteiger partial charge in [-0.05, 0) is 33.0 Å². The lowest BCUT2D eigenvalue weighted by molar-refractivity contribution is 0.106. The molecule has 0 aliphatic rings. The van der Waals surface area contributed by atoms with Crippen LogP contribution in [0.15, 0.2) is 12.3 Å². The van der Waals surface area contributed by atoms with Crippen LogP contribution in [0.5, 0.6) is 0 Å². The average Bonchev–Trinajstić information content (AvgIpc) is 2.65. The van der Waals surface area contributed by atoms with Crippen molar-refractivity contribution in [2.45, 2.75) is 45.7 Å². The summed E-state index contributed by atoms with van der Waals surface area (Å²) in [5.74, 6) is 0. The van der Waals surface area contributed by atoms with E-state index in [0.29, 0.717) is 0 Å². The Morgan fingerprint density at radius 1 is 1.41 bits per heavy atom. The molecule has 0 fully saturated rings. The Morgan fingerprint density at radius 2 is 2.00 bits per heavy atom. The summed E-state index contributed by atoms with van der Waals surface area (Å²) in [6.07, 6.45) is 2.79. The number of aromatic nitrogens is 2. The van der Waals surface area contributed by atoms with Crippen LogP contribution in [0, 0.1) is 0 Å². The van der Waals surface area contributed by atoms with Crippen molar-refractivity contribution in [2.75, 3.05) is 13.1 Å². The number of rotatable bonds is 6. The molecule has 0 saturated heterocycles. The number of nitrogens with two attached hydrogens (primary N) is 1. The Bertz CT molecular complexity index is 339. The Labute approximate surface area is 105 Å². The number of aryl methyl sites for hydroxylation is 1. The normalized spacial score (nSPS) is 14.3. The molecule has 0 aliphatic carbocycles. The van der Waals surface area contributed by atoms with E-state index in [9.17, 15) is 0 Å². The molecule has 0 bridgehead atoms. The standard InChI is InChI=1S/C13H26N4/c1-6-17(7-2)13(3,4)12(14)10-11-8-9-16(5)15-11/h8-9,12H,6-7,10,14H2,1-5H3. The van der Waals surface area contributed by atoms with Gasteiger partial charge in [-0.15, -0.1) is 0 Å². The summed E-state index contributed by atoms with van der Waals surface area (Å²) in [6, 6.07) is 2.13. The fraction of sp³-hybridized carbons (Fsp3) is 0.769. The van der Waals surface area contributed by atoms with Crippen molar-refractivity contribution in [3.63, 3.8) is 0 Å². The molecule has 0 amide bonds. The number of likely N-dealkylation sites (N-methyl/N-ethyl adjacent to an activating group) is 1. The molecule has 0 saturated carbocycles. The zero-order valence-corrected chi connectivity index (χ0v) is 11.8. The quantitative estimate of drug-likeness (QED) is 0.815. The van der Waals surface area contributed by atoms with Gasteiger partial charge in [-0.1, -0.05) is 13.8 Å². The molecule has 4 nitrogen and oxygen atoms in total. The van der Waals surface area contributed by atoms with E-state index in [1.54, 1.807) is 0 Å². The summed E-state index contributed by atoms with van der Waals surface area (Å²) in [5, 5.41) is 4.39. The second kappa shape index (κ2) is 5.65. The fourth-order valence-electron chi connectivity index (χ4n) is 2.32. The van der Waals surface area contributed by atoms with Gasteiger partial charge in [-0.2, -0.15) is 5.10 Å². The average molecular weight is 238 g/mol. The molecule has 1 heterocycles. The molecule has 17 heavy (non-hydrogen) atoms. The summed E-state index contributed by atoms with van der Waals surface area (Å²) in [7, 11) is 1.94. The summed E-state index contributed by atoms with van der Waals surface area (Å²) in [4.78, 5) is 2.40. The van der Waals surface area contributed by atoms with Crippen molar-refractivity contribution in [3.8, 4) is 0 Å². The van der Waals surface area contributed by atoms with Gasteiger partial charge in [-0.3, -0.25) is 9.58 Å². The van der Waals surface area contributed by atoms with E-state index in [0.717, 1.165) is 25.2 Å². The molecule has 0 aromatic carbocycles. The third-order valence-electron chi connectivity index (χ3n) is 3.68. The van der Waals surface area contributed by atoms with Gasteiger partial charge in [0.1, 0.15) is 0 Å². The van der Waals surface area contributed by atoms with Crippen LogP contribution in [0.3, 0.4) is 0 Å². The Balaban J connectivity index is 2.71. The molecule has 98 valence electrons. The van der Waals surface area contributed by atoms with Crippen molar-refractivity contribution in [2.24, 2.45) is 12.8 Å². The highest BCUT2D eigenvalue weighted by Crippen LogP contribution is 2.19. The predicted octanol–water partition coefficient (Wildman–Crippen LogP) is 1.41. The van der Waals surface area contributed by atoms with Crippen molar-refractivity contribution >= 4 is 0 Å². The summed E-state index contributed by atoms with van der Waals surface area (Å²) >= 11 is 0. The van der Waals surface area contributed by atoms with Crippen LogP contribution in [0.4, 0.5) is 0 Å². The molecule has 0 aliphatic heterocycles. The lowest BCUT2D eigenvalue weighted by Gasteiger charge is -2.41. The third kappa shape index (κ3) is 3.30. The lowest BCUT2D eigenvalue weighted by atomic mass is 9.89. The Kier molecular flexibility index (Phi) is 4.71. The maximum absolute atomic E-state index is 6.35. The molecule has 2 N–H and O–H groups in total. The summed E-state index contributed by atoms with van der Waals surface area (Å²) < 4.78 is 1.83. The first-order valence-electron chi connectivity index (χ1n) is 6.41. The van der Waals surface area contributed by atoms with E-state index < -0.39 is 0 Å². The third-order valence-corrected chi connectivity index (χ3v) is 3.68. The first kappa shape index (κ1) is 14.2. The fourth-order valence-corrected chi connectivity index (χ4v) is 2.32. The zero-order valence-electron chi connectivity index (χ0n) is 11.8. The zero-order chi connectivity index (χ0) is 13.1. The van der Waals surface area contributed by atoms with Crippen molar-refractivity contribution in [1.29, 1.82) is 0 Å². The van der Waals surface area contributed by atoms with Gasteiger partial charge in [0.15, 0.2) is 0 Å².